The molecule has 0 atom stereocenters. The molecule has 0 amide bonds. The maximum atomic E-state index is 12.7. The quantitative estimate of drug-likeness (QED) is 0.0110. The number of quaternary nitrogens is 2. The number of benzene rings is 1. The SMILES string of the molecule is CCCCCCCCCCCc1nccn1CCCn1cc(/C=[N+](/C)[O-])c2ccc(/C=[N+](\[O-])C(C)(C)C)c-2c1.CN(C)CCC[N+](C)(C)Cc1ccccc1C[N+](C)(C)CCCn1cc(/C=[N+](/C)[O-])c2ccc(/C=[N+](\[O-])C(C)(C)C)c-2c1. The molecule has 0 N–H and O–H groups in total. The van der Waals surface area contributed by atoms with Crippen molar-refractivity contribution >= 4 is 24.9 Å². The molecule has 0 bridgehead atoms. The molecule has 4 aliphatic rings. The van der Waals surface area contributed by atoms with Crippen LogP contribution >= 0.6 is 0 Å². The molecule has 0 unspecified atom stereocenters. The zero-order valence-corrected chi connectivity index (χ0v) is 53.3. The highest BCUT2D eigenvalue weighted by Gasteiger charge is 2.26. The lowest BCUT2D eigenvalue weighted by molar-refractivity contribution is -0.907. The first kappa shape index (κ1) is 66.5. The zero-order valence-electron chi connectivity index (χ0n) is 53.3. The van der Waals surface area contributed by atoms with Crippen LogP contribution in [0.3, 0.4) is 0 Å². The Morgan fingerprint density at radius 2 is 0.976 bits per heavy atom. The summed E-state index contributed by atoms with van der Waals surface area (Å²) >= 11 is 0. The summed E-state index contributed by atoms with van der Waals surface area (Å²) in [6.07, 6.45) is 34.9. The van der Waals surface area contributed by atoms with E-state index in [0.717, 1.165) is 144 Å². The Balaban J connectivity index is 0.000000302. The number of nitrogens with zero attached hydrogens (tertiary/aromatic N) is 11. The topological polar surface area (TPSA) is 135 Å². The molecule has 2 aliphatic carbocycles. The summed E-state index contributed by atoms with van der Waals surface area (Å²) in [6.45, 7) is 21.5. The van der Waals surface area contributed by atoms with Crippen LogP contribution in [0.5, 0.6) is 0 Å². The highest BCUT2D eigenvalue weighted by molar-refractivity contribution is 5.98. The third-order valence-corrected chi connectivity index (χ3v) is 15.3. The van der Waals surface area contributed by atoms with Crippen LogP contribution in [0.25, 0.3) is 22.3 Å². The molecule has 0 saturated carbocycles. The molecule has 0 fully saturated rings. The van der Waals surface area contributed by atoms with Gasteiger partial charge in [0.15, 0.2) is 35.9 Å². The second-order valence-corrected chi connectivity index (χ2v) is 26.6. The van der Waals surface area contributed by atoms with Gasteiger partial charge in [-0.05, 0) is 50.2 Å². The van der Waals surface area contributed by atoms with E-state index in [-0.39, 0.29) is 0 Å². The molecule has 82 heavy (non-hydrogen) atoms. The van der Waals surface area contributed by atoms with Gasteiger partial charge in [0.25, 0.3) is 0 Å². The summed E-state index contributed by atoms with van der Waals surface area (Å²) in [4.78, 5) is 6.88. The van der Waals surface area contributed by atoms with Gasteiger partial charge in [-0.3, -0.25) is 0 Å². The Morgan fingerprint density at radius 3 is 1.43 bits per heavy atom. The molecule has 6 rings (SSSR count). The molecule has 2 aliphatic heterocycles. The van der Waals surface area contributed by atoms with Gasteiger partial charge in [-0.2, -0.15) is 0 Å². The van der Waals surface area contributed by atoms with Crippen LogP contribution < -0.4 is 0 Å². The molecule has 2 aromatic rings. The van der Waals surface area contributed by atoms with Crippen LogP contribution in [0, 0.1) is 20.8 Å². The van der Waals surface area contributed by atoms with Gasteiger partial charge in [-0.15, -0.1) is 0 Å². The molecule has 1 aromatic carbocycles. The van der Waals surface area contributed by atoms with Crippen molar-refractivity contribution in [1.29, 1.82) is 0 Å². The zero-order chi connectivity index (χ0) is 60.3. The first-order valence-corrected chi connectivity index (χ1v) is 30.4. The van der Waals surface area contributed by atoms with E-state index >= 15 is 0 Å². The fraction of sp³-hybridized carbons (Fsp3) is 0.567. The van der Waals surface area contributed by atoms with Crippen molar-refractivity contribution in [2.75, 3.05) is 76.0 Å². The van der Waals surface area contributed by atoms with Gasteiger partial charge < -0.3 is 48.4 Å². The van der Waals surface area contributed by atoms with E-state index in [4.69, 9.17) is 0 Å². The number of hydrogen-bond acceptors (Lipinski definition) is 6. The van der Waals surface area contributed by atoms with Crippen LogP contribution in [-0.2, 0) is 39.1 Å². The lowest BCUT2D eigenvalue weighted by Crippen LogP contribution is -2.42. The smallest absolute Gasteiger partial charge is 0.183 e. The highest BCUT2D eigenvalue weighted by atomic mass is 16.5. The van der Waals surface area contributed by atoms with Crippen molar-refractivity contribution < 1.29 is 27.9 Å². The van der Waals surface area contributed by atoms with E-state index in [9.17, 15) is 20.8 Å². The van der Waals surface area contributed by atoms with Crippen molar-refractivity contribution in [1.82, 2.24) is 23.6 Å². The van der Waals surface area contributed by atoms with Crippen molar-refractivity contribution in [3.8, 4) is 22.3 Å². The maximum absolute atomic E-state index is 12.7. The summed E-state index contributed by atoms with van der Waals surface area (Å²) in [7, 11) is 16.6. The van der Waals surface area contributed by atoms with Gasteiger partial charge in [0.1, 0.15) is 33.0 Å². The normalized spacial score (nSPS) is 13.5. The third kappa shape index (κ3) is 21.8. The lowest BCUT2D eigenvalue weighted by Gasteiger charge is -2.33. The molecule has 3 heterocycles. The van der Waals surface area contributed by atoms with Gasteiger partial charge >= 0.3 is 0 Å². The second kappa shape index (κ2) is 30.8. The van der Waals surface area contributed by atoms with Gasteiger partial charge in [0, 0.05) is 158 Å². The van der Waals surface area contributed by atoms with Gasteiger partial charge in [0.05, 0.1) is 52.4 Å². The first-order valence-electron chi connectivity index (χ1n) is 30.4. The fourth-order valence-electron chi connectivity index (χ4n) is 10.7. The van der Waals surface area contributed by atoms with Crippen LogP contribution in [0.2, 0.25) is 0 Å². The van der Waals surface area contributed by atoms with Crippen LogP contribution in [0.1, 0.15) is 165 Å². The molecule has 450 valence electrons. The van der Waals surface area contributed by atoms with Gasteiger partial charge in [0.2, 0.25) is 0 Å². The highest BCUT2D eigenvalue weighted by Crippen LogP contribution is 2.32. The largest absolute Gasteiger partial charge is 0.624 e. The number of fused-ring (bicyclic) bond motifs is 2. The number of aryl methyl sites for hydroxylation is 4. The molecule has 15 heteroatoms. The third-order valence-electron chi connectivity index (χ3n) is 15.3. The Hall–Kier alpha value is -6.29. The Morgan fingerprint density at radius 1 is 0.524 bits per heavy atom. The van der Waals surface area contributed by atoms with Crippen molar-refractivity contribution in [3.05, 3.63) is 146 Å². The number of rotatable bonds is 30. The number of aromatic nitrogens is 4. The van der Waals surface area contributed by atoms with Gasteiger partial charge in [-0.1, -0.05) is 94.7 Å². The maximum Gasteiger partial charge on any atom is 0.183 e. The molecule has 0 radical (unpaired) electrons. The van der Waals surface area contributed by atoms with Crippen molar-refractivity contribution in [2.45, 2.75) is 176 Å². The summed E-state index contributed by atoms with van der Waals surface area (Å²) in [5, 5.41) is 49.2. The molecular formula is C67H105N11O4+2. The number of imidazole rings is 1. The Labute approximate surface area is 494 Å². The van der Waals surface area contributed by atoms with E-state index in [0.29, 0.717) is 0 Å². The minimum Gasteiger partial charge on any atom is -0.624 e. The molecule has 0 saturated heterocycles. The van der Waals surface area contributed by atoms with Crippen LogP contribution in [-0.4, -0.2) is 163 Å². The van der Waals surface area contributed by atoms with Crippen molar-refractivity contribution in [2.24, 2.45) is 0 Å². The predicted octanol–water partition coefficient (Wildman–Crippen LogP) is 12.3. The second-order valence-electron chi connectivity index (χ2n) is 26.6. The van der Waals surface area contributed by atoms with Crippen LogP contribution in [0.4, 0.5) is 0 Å². The van der Waals surface area contributed by atoms with E-state index in [1.165, 1.54) is 95.3 Å². The minimum absolute atomic E-state index is 0.519. The van der Waals surface area contributed by atoms with E-state index in [1.54, 1.807) is 24.9 Å². The minimum atomic E-state index is -0.526. The number of hydroxylamine groups is 4. The summed E-state index contributed by atoms with van der Waals surface area (Å²) < 4.78 is 12.1. The number of pyridine rings is 2. The predicted molar refractivity (Wildman–Crippen MR) is 342 cm³/mol. The number of unbranched alkanes of at least 4 members (excludes halogenated alkanes) is 8. The van der Waals surface area contributed by atoms with E-state index in [1.807, 2.05) is 84.4 Å². The lowest BCUT2D eigenvalue weighted by atomic mass is 10.0. The molecule has 0 spiro atoms. The summed E-state index contributed by atoms with van der Waals surface area (Å²) in [6, 6.07) is 16.8. The average molecular weight is 1130 g/mol. The van der Waals surface area contributed by atoms with Crippen LogP contribution in [0.15, 0.2) is 85.7 Å². The average Bonchev–Trinajstić information content (AvgIpc) is 4.25. The van der Waals surface area contributed by atoms with E-state index < -0.39 is 11.1 Å². The van der Waals surface area contributed by atoms with Crippen molar-refractivity contribution in [3.63, 3.8) is 0 Å². The number of hydrogen-bond donors (Lipinski definition) is 0. The van der Waals surface area contributed by atoms with Gasteiger partial charge in [-0.25, -0.2) is 23.9 Å². The Kier molecular flexibility index (Phi) is 25.0. The summed E-state index contributed by atoms with van der Waals surface area (Å²) in [5.74, 6) is 1.17. The first-order chi connectivity index (χ1) is 38.6. The van der Waals surface area contributed by atoms with E-state index in [2.05, 4.69) is 116 Å². The monoisotopic (exact) mass is 1130 g/mol. The Bertz CT molecular complexity index is 2950. The molecule has 15 nitrogen and oxygen atoms in total. The molecule has 1 aromatic heterocycles. The fourth-order valence-corrected chi connectivity index (χ4v) is 10.7. The summed E-state index contributed by atoms with van der Waals surface area (Å²) in [5.41, 5.74) is 9.17. The standard InChI is InChI=1S/C35H56N6O2.C32H49N5O2/c1-35(2,3)39(43)25-29-17-18-33-32(23-37(6)42)24-38(26-34(29)33)20-14-22-41(9,10)28-31-16-12-11-15-30(31)27-40(7,8)21-13-19-36(4)5;1-6-7-8-9-10-11-12-13-14-16-31-33-19-22-36(31)21-15-20-35-24-28(23-34(5)38)29-18-17-27(30(29)26-35)25-37(39)32(2,3)4/h11-12,15-18,23-26H,13-14,19-22,27-28H2,1-10H3;17-19,22-26H,6-16,20-21H2,1-5H3/q+2;/b37-23-,39-25-;34-23-,37-25-. The molecular weight excluding hydrogens is 1020 g/mol.